The van der Waals surface area contributed by atoms with Crippen LogP contribution in [0.15, 0.2) is 72.1 Å². The fraction of sp³-hybridized carbons (Fsp3) is 0.167. The SMILES string of the molecule is COc1cc(C2=NN(C(=O)c3ccncc3)C(c3ccc([N+](=O)[O-])cc3)C2)ccc1OCC(=O)O. The van der Waals surface area contributed by atoms with Crippen LogP contribution in [0.3, 0.4) is 0 Å². The van der Waals surface area contributed by atoms with E-state index in [1.807, 2.05) is 0 Å². The van der Waals surface area contributed by atoms with E-state index in [4.69, 9.17) is 14.6 Å². The van der Waals surface area contributed by atoms with Crippen molar-refractivity contribution >= 4 is 23.3 Å². The molecule has 1 aliphatic rings. The number of carbonyl (C=O) groups is 2. The summed E-state index contributed by atoms with van der Waals surface area (Å²) < 4.78 is 10.6. The number of carboxylic acid groups (broad SMARTS) is 1. The molecule has 0 saturated heterocycles. The van der Waals surface area contributed by atoms with Crippen LogP contribution in [0.1, 0.15) is 33.9 Å². The smallest absolute Gasteiger partial charge is 0.341 e. The largest absolute Gasteiger partial charge is 0.493 e. The number of pyridine rings is 1. The number of ether oxygens (including phenoxy) is 2. The molecule has 1 aromatic heterocycles. The molecule has 11 nitrogen and oxygen atoms in total. The number of carbonyl (C=O) groups excluding carboxylic acids is 1. The zero-order chi connectivity index (χ0) is 24.9. The molecule has 1 N–H and O–H groups in total. The fourth-order valence-electron chi connectivity index (χ4n) is 3.68. The van der Waals surface area contributed by atoms with Crippen molar-refractivity contribution in [2.45, 2.75) is 12.5 Å². The molecule has 11 heteroatoms. The van der Waals surface area contributed by atoms with Gasteiger partial charge in [0, 0.05) is 42.1 Å². The highest BCUT2D eigenvalue weighted by atomic mass is 16.6. The van der Waals surface area contributed by atoms with Crippen LogP contribution in [0.4, 0.5) is 5.69 Å². The Hall–Kier alpha value is -4.80. The van der Waals surface area contributed by atoms with Crippen molar-refractivity contribution in [2.75, 3.05) is 13.7 Å². The average molecular weight is 476 g/mol. The molecule has 0 spiro atoms. The molecule has 0 aliphatic carbocycles. The number of methoxy groups -OCH3 is 1. The van der Waals surface area contributed by atoms with Crippen molar-refractivity contribution in [3.05, 3.63) is 93.8 Å². The van der Waals surface area contributed by atoms with Crippen molar-refractivity contribution in [1.82, 2.24) is 9.99 Å². The molecule has 4 rings (SSSR count). The van der Waals surface area contributed by atoms with Gasteiger partial charge in [-0.2, -0.15) is 5.10 Å². The summed E-state index contributed by atoms with van der Waals surface area (Å²) in [7, 11) is 1.43. The first-order valence-electron chi connectivity index (χ1n) is 10.5. The predicted molar refractivity (Wildman–Crippen MR) is 124 cm³/mol. The minimum Gasteiger partial charge on any atom is -0.493 e. The normalized spacial score (nSPS) is 14.8. The molecule has 0 radical (unpaired) electrons. The van der Waals surface area contributed by atoms with E-state index in [9.17, 15) is 19.7 Å². The van der Waals surface area contributed by atoms with Crippen molar-refractivity contribution in [2.24, 2.45) is 5.10 Å². The number of rotatable bonds is 8. The molecular formula is C24H20N4O7. The first-order valence-corrected chi connectivity index (χ1v) is 10.5. The molecule has 2 heterocycles. The number of amides is 1. The van der Waals surface area contributed by atoms with E-state index < -0.39 is 23.5 Å². The lowest BCUT2D eigenvalue weighted by atomic mass is 9.97. The minimum absolute atomic E-state index is 0.0541. The lowest BCUT2D eigenvalue weighted by Crippen LogP contribution is -2.27. The maximum absolute atomic E-state index is 13.3. The van der Waals surface area contributed by atoms with Gasteiger partial charge in [0.1, 0.15) is 0 Å². The zero-order valence-corrected chi connectivity index (χ0v) is 18.5. The Labute approximate surface area is 199 Å². The molecule has 35 heavy (non-hydrogen) atoms. The first kappa shape index (κ1) is 23.4. The minimum atomic E-state index is -1.12. The van der Waals surface area contributed by atoms with E-state index in [1.165, 1.54) is 36.6 Å². The Bertz CT molecular complexity index is 1290. The Morgan fingerprint density at radius 2 is 1.83 bits per heavy atom. The van der Waals surface area contributed by atoms with E-state index in [2.05, 4.69) is 10.1 Å². The summed E-state index contributed by atoms with van der Waals surface area (Å²) >= 11 is 0. The maximum atomic E-state index is 13.3. The van der Waals surface area contributed by atoms with Crippen LogP contribution in [0, 0.1) is 10.1 Å². The van der Waals surface area contributed by atoms with Crippen LogP contribution in [-0.2, 0) is 4.79 Å². The summed E-state index contributed by atoms with van der Waals surface area (Å²) in [6.45, 7) is -0.521. The first-order chi connectivity index (χ1) is 16.9. The van der Waals surface area contributed by atoms with Crippen LogP contribution in [0.2, 0.25) is 0 Å². The van der Waals surface area contributed by atoms with Gasteiger partial charge in [-0.05, 0) is 35.9 Å². The molecular weight excluding hydrogens is 456 g/mol. The molecule has 2 aromatic carbocycles. The third kappa shape index (κ3) is 5.08. The van der Waals surface area contributed by atoms with Crippen molar-refractivity contribution in [3.8, 4) is 11.5 Å². The monoisotopic (exact) mass is 476 g/mol. The number of hydrazone groups is 1. The van der Waals surface area contributed by atoms with E-state index in [-0.39, 0.29) is 17.3 Å². The Morgan fingerprint density at radius 1 is 1.11 bits per heavy atom. The highest BCUT2D eigenvalue weighted by Crippen LogP contribution is 2.36. The van der Waals surface area contributed by atoms with Gasteiger partial charge in [-0.25, -0.2) is 9.80 Å². The molecule has 1 aliphatic heterocycles. The lowest BCUT2D eigenvalue weighted by molar-refractivity contribution is -0.384. The number of aliphatic carboxylic acids is 1. The molecule has 0 fully saturated rings. The second-order valence-electron chi connectivity index (χ2n) is 7.55. The van der Waals surface area contributed by atoms with Crippen LogP contribution < -0.4 is 9.47 Å². The second kappa shape index (κ2) is 10.00. The number of hydrogen-bond donors (Lipinski definition) is 1. The van der Waals surface area contributed by atoms with Crippen molar-refractivity contribution in [1.29, 1.82) is 0 Å². The van der Waals surface area contributed by atoms with Crippen LogP contribution in [-0.4, -0.2) is 51.3 Å². The Balaban J connectivity index is 1.69. The molecule has 1 amide bonds. The molecule has 0 bridgehead atoms. The van der Waals surface area contributed by atoms with Crippen LogP contribution >= 0.6 is 0 Å². The van der Waals surface area contributed by atoms with Gasteiger partial charge in [0.15, 0.2) is 18.1 Å². The Kier molecular flexibility index (Phi) is 6.67. The van der Waals surface area contributed by atoms with Gasteiger partial charge >= 0.3 is 5.97 Å². The van der Waals surface area contributed by atoms with Gasteiger partial charge in [0.2, 0.25) is 0 Å². The number of carboxylic acids is 1. The van der Waals surface area contributed by atoms with Gasteiger partial charge < -0.3 is 14.6 Å². The summed E-state index contributed by atoms with van der Waals surface area (Å²) in [6.07, 6.45) is 3.36. The maximum Gasteiger partial charge on any atom is 0.341 e. The molecule has 178 valence electrons. The van der Waals surface area contributed by atoms with Crippen LogP contribution in [0.5, 0.6) is 11.5 Å². The summed E-state index contributed by atoms with van der Waals surface area (Å²) in [5, 5.41) is 25.9. The number of nitrogens with zero attached hydrogens (tertiary/aromatic N) is 4. The van der Waals surface area contributed by atoms with Gasteiger partial charge in [0.25, 0.3) is 11.6 Å². The highest BCUT2D eigenvalue weighted by molar-refractivity contribution is 6.05. The second-order valence-corrected chi connectivity index (χ2v) is 7.55. The lowest BCUT2D eigenvalue weighted by Gasteiger charge is -2.22. The number of hydrogen-bond acceptors (Lipinski definition) is 8. The third-order valence-electron chi connectivity index (χ3n) is 5.38. The quantitative estimate of drug-likeness (QED) is 0.384. The zero-order valence-electron chi connectivity index (χ0n) is 18.5. The van der Waals surface area contributed by atoms with Crippen LogP contribution in [0.25, 0.3) is 0 Å². The summed E-state index contributed by atoms with van der Waals surface area (Å²) in [6, 6.07) is 13.6. The highest BCUT2D eigenvalue weighted by Gasteiger charge is 2.34. The van der Waals surface area contributed by atoms with Gasteiger partial charge in [-0.15, -0.1) is 0 Å². The number of benzene rings is 2. The number of aromatic nitrogens is 1. The van der Waals surface area contributed by atoms with Gasteiger partial charge in [0.05, 0.1) is 23.8 Å². The molecule has 0 saturated carbocycles. The van der Waals surface area contributed by atoms with Gasteiger partial charge in [-0.3, -0.25) is 19.9 Å². The van der Waals surface area contributed by atoms with Gasteiger partial charge in [-0.1, -0.05) is 12.1 Å². The predicted octanol–water partition coefficient (Wildman–Crippen LogP) is 3.45. The number of non-ortho nitro benzene ring substituents is 1. The summed E-state index contributed by atoms with van der Waals surface area (Å²) in [5.74, 6) is -0.891. The van der Waals surface area contributed by atoms with Crippen molar-refractivity contribution in [3.63, 3.8) is 0 Å². The van der Waals surface area contributed by atoms with E-state index in [1.54, 1.807) is 42.5 Å². The number of nitro benzene ring substituents is 1. The summed E-state index contributed by atoms with van der Waals surface area (Å²) in [5.41, 5.74) is 2.26. The topological polar surface area (TPSA) is 144 Å². The molecule has 1 unspecified atom stereocenters. The van der Waals surface area contributed by atoms with Crippen molar-refractivity contribution < 1.29 is 29.1 Å². The fourth-order valence-corrected chi connectivity index (χ4v) is 3.68. The Morgan fingerprint density at radius 3 is 2.46 bits per heavy atom. The standard InChI is InChI=1S/C24H20N4O7/c1-34-22-12-17(4-7-21(22)35-14-23(29)30)19-13-20(15-2-5-18(6-3-15)28(32)33)27(26-19)24(31)16-8-10-25-11-9-16/h2-12,20H,13-14H2,1H3,(H,29,30). The molecule has 3 aromatic rings. The van der Waals surface area contributed by atoms with E-state index in [0.717, 1.165) is 0 Å². The van der Waals surface area contributed by atoms with E-state index >= 15 is 0 Å². The summed E-state index contributed by atoms with van der Waals surface area (Å²) in [4.78, 5) is 38.6. The molecule has 1 atom stereocenters. The average Bonchev–Trinajstić information content (AvgIpc) is 3.33. The van der Waals surface area contributed by atoms with E-state index in [0.29, 0.717) is 34.6 Å². The third-order valence-corrected chi connectivity index (χ3v) is 5.38. The number of nitro groups is 1.